The van der Waals surface area contributed by atoms with Crippen LogP contribution in [0.1, 0.15) is 99.4 Å². The Bertz CT molecular complexity index is 1610. The Kier molecular flexibility index (Phi) is 12.0. The molecule has 1 heterocycles. The number of thioether (sulfide) groups is 1. The molecule has 1 saturated heterocycles. The smallest absolute Gasteiger partial charge is 0.338 e. The Morgan fingerprint density at radius 3 is 1.92 bits per heavy atom. The molecule has 0 amide bonds. The fourth-order valence-corrected chi connectivity index (χ4v) is 17.4. The first-order valence-corrected chi connectivity index (χ1v) is 25.9. The van der Waals surface area contributed by atoms with E-state index in [0.717, 1.165) is 36.3 Å². The molecule has 3 aliphatic carbocycles. The standard InChI is InChI=1S/C41H62O9SSi2/c1-12-52(13-2,14-3)49-30-23-31-40(25-51-31,48-27(8)42)34-36(47-37(45)28-21-19-18-20-22-28)41(46)24-29(43)26(7)32(38(41,9)10)33(35(44)39(30,34)11)50-53(15-4,16-5)17-6/h18-22,30-31,33-34,36,46H,12-17,23-25H2,1-11H3/t30-,31+,33+,34-,36-,39+,40-,41+/m0/s1. The van der Waals surface area contributed by atoms with E-state index < -0.39 is 74.8 Å². The van der Waals surface area contributed by atoms with E-state index >= 15 is 4.79 Å². The molecule has 0 radical (unpaired) electrons. The van der Waals surface area contributed by atoms with Crippen molar-refractivity contribution in [2.75, 3.05) is 5.75 Å². The molecule has 0 aromatic heterocycles. The summed E-state index contributed by atoms with van der Waals surface area (Å²) in [4.78, 5) is 58.1. The number of ether oxygens (including phenoxy) is 2. The normalized spacial score (nSPS) is 33.9. The number of carbonyl (C=O) groups excluding carboxylic acids is 4. The van der Waals surface area contributed by atoms with Crippen molar-refractivity contribution in [3.05, 3.63) is 47.0 Å². The average molecular weight is 787 g/mol. The number of hydrogen-bond donors (Lipinski definition) is 1. The van der Waals surface area contributed by atoms with Gasteiger partial charge in [-0.3, -0.25) is 14.4 Å². The van der Waals surface area contributed by atoms with Crippen molar-refractivity contribution >= 4 is 51.9 Å². The predicted octanol–water partition coefficient (Wildman–Crippen LogP) is 8.07. The van der Waals surface area contributed by atoms with Gasteiger partial charge >= 0.3 is 11.9 Å². The second kappa shape index (κ2) is 15.1. The molecule has 1 aliphatic heterocycles. The molecule has 0 spiro atoms. The van der Waals surface area contributed by atoms with Crippen LogP contribution in [-0.2, 0) is 32.7 Å². The van der Waals surface area contributed by atoms with E-state index in [2.05, 4.69) is 41.5 Å². The molecule has 2 saturated carbocycles. The van der Waals surface area contributed by atoms with Gasteiger partial charge in [-0.05, 0) is 79.8 Å². The summed E-state index contributed by atoms with van der Waals surface area (Å²) in [6, 6.07) is 13.4. The lowest BCUT2D eigenvalue weighted by molar-refractivity contribution is -0.252. The van der Waals surface area contributed by atoms with Crippen molar-refractivity contribution in [3.63, 3.8) is 0 Å². The summed E-state index contributed by atoms with van der Waals surface area (Å²) in [6.07, 6.45) is -3.15. The number of ketones is 2. The van der Waals surface area contributed by atoms with Crippen LogP contribution in [0.5, 0.6) is 0 Å². The van der Waals surface area contributed by atoms with Crippen LogP contribution in [0.15, 0.2) is 41.5 Å². The van der Waals surface area contributed by atoms with E-state index in [1.807, 2.05) is 20.8 Å². The van der Waals surface area contributed by atoms with Crippen molar-refractivity contribution in [1.82, 2.24) is 0 Å². The van der Waals surface area contributed by atoms with Gasteiger partial charge in [-0.15, -0.1) is 0 Å². The molecule has 12 heteroatoms. The molecule has 9 nitrogen and oxygen atoms in total. The minimum absolute atomic E-state index is 0.257. The lowest BCUT2D eigenvalue weighted by Gasteiger charge is -2.68. The topological polar surface area (TPSA) is 125 Å². The molecule has 294 valence electrons. The molecule has 53 heavy (non-hydrogen) atoms. The first-order valence-electron chi connectivity index (χ1n) is 19.8. The number of carbonyl (C=O) groups is 4. The minimum atomic E-state index is -2.56. The number of fused-ring (bicyclic) bond motifs is 5. The summed E-state index contributed by atoms with van der Waals surface area (Å²) >= 11 is 1.64. The zero-order chi connectivity index (χ0) is 39.4. The van der Waals surface area contributed by atoms with E-state index in [1.165, 1.54) is 6.92 Å². The van der Waals surface area contributed by atoms with Gasteiger partial charge in [-0.1, -0.05) is 73.6 Å². The highest BCUT2D eigenvalue weighted by molar-refractivity contribution is 8.01. The molecular formula is C41H62O9SSi2. The lowest BCUT2D eigenvalue weighted by atomic mass is 9.45. The second-order valence-electron chi connectivity index (χ2n) is 16.7. The number of allylic oxidation sites excluding steroid dienone is 1. The van der Waals surface area contributed by atoms with Gasteiger partial charge in [-0.25, -0.2) is 4.79 Å². The summed E-state index contributed by atoms with van der Waals surface area (Å²) in [7, 11) is -4.97. The van der Waals surface area contributed by atoms with Gasteiger partial charge in [-0.2, -0.15) is 11.8 Å². The number of benzene rings is 1. The number of rotatable bonds is 13. The van der Waals surface area contributed by atoms with E-state index in [-0.39, 0.29) is 28.8 Å². The molecule has 1 N–H and O–H groups in total. The fourth-order valence-electron chi connectivity index (χ4n) is 10.3. The van der Waals surface area contributed by atoms with Crippen LogP contribution in [0.25, 0.3) is 0 Å². The predicted molar refractivity (Wildman–Crippen MR) is 213 cm³/mol. The van der Waals surface area contributed by atoms with Crippen molar-refractivity contribution in [2.45, 2.75) is 160 Å². The van der Waals surface area contributed by atoms with Gasteiger partial charge in [0.25, 0.3) is 0 Å². The number of Topliss-reactive ketones (excluding diaryl/α,β-unsaturated/α-hetero) is 2. The van der Waals surface area contributed by atoms with Crippen molar-refractivity contribution in [2.24, 2.45) is 16.7 Å². The number of esters is 2. The molecular weight excluding hydrogens is 725 g/mol. The van der Waals surface area contributed by atoms with Gasteiger partial charge in [0, 0.05) is 29.8 Å². The van der Waals surface area contributed by atoms with Crippen molar-refractivity contribution in [3.8, 4) is 0 Å². The highest BCUT2D eigenvalue weighted by atomic mass is 32.2. The minimum Gasteiger partial charge on any atom is -0.457 e. The van der Waals surface area contributed by atoms with Gasteiger partial charge in [0.2, 0.25) is 0 Å². The molecule has 5 rings (SSSR count). The monoisotopic (exact) mass is 786 g/mol. The largest absolute Gasteiger partial charge is 0.457 e. The van der Waals surface area contributed by atoms with Crippen LogP contribution < -0.4 is 0 Å². The third-order valence-corrected chi connectivity index (χ3v) is 25.2. The Hall–Kier alpha value is -2.10. The van der Waals surface area contributed by atoms with Crippen LogP contribution >= 0.6 is 11.8 Å². The van der Waals surface area contributed by atoms with Gasteiger partial charge in [0.1, 0.15) is 23.4 Å². The molecule has 8 atom stereocenters. The van der Waals surface area contributed by atoms with Crippen LogP contribution in [0.2, 0.25) is 36.3 Å². The first kappa shape index (κ1) is 42.1. The number of aliphatic hydroxyl groups is 1. The van der Waals surface area contributed by atoms with Crippen LogP contribution in [-0.4, -0.2) is 85.8 Å². The summed E-state index contributed by atoms with van der Waals surface area (Å²) in [5.41, 5.74) is -4.94. The first-order chi connectivity index (χ1) is 24.9. The Morgan fingerprint density at radius 2 is 1.43 bits per heavy atom. The summed E-state index contributed by atoms with van der Waals surface area (Å²) in [5, 5.41) is 13.3. The highest BCUT2D eigenvalue weighted by Crippen LogP contribution is 2.67. The van der Waals surface area contributed by atoms with E-state index in [4.69, 9.17) is 18.3 Å². The summed E-state index contributed by atoms with van der Waals surface area (Å²) in [6.45, 7) is 21.4. The fraction of sp³-hybridized carbons (Fsp3) is 0.707. The Labute approximate surface area is 323 Å². The number of hydrogen-bond acceptors (Lipinski definition) is 10. The Balaban J connectivity index is 1.91. The second-order valence-corrected chi connectivity index (χ2v) is 27.3. The van der Waals surface area contributed by atoms with Gasteiger partial charge in [0.05, 0.1) is 23.0 Å². The van der Waals surface area contributed by atoms with Crippen LogP contribution in [0.4, 0.5) is 0 Å². The third-order valence-electron chi connectivity index (χ3n) is 14.3. The van der Waals surface area contributed by atoms with Gasteiger partial charge < -0.3 is 23.4 Å². The maximum Gasteiger partial charge on any atom is 0.338 e. The molecule has 3 fully saturated rings. The zero-order valence-corrected chi connectivity index (χ0v) is 36.6. The average Bonchev–Trinajstić information content (AvgIpc) is 3.13. The molecule has 1 aromatic rings. The van der Waals surface area contributed by atoms with Crippen LogP contribution in [0, 0.1) is 16.7 Å². The highest BCUT2D eigenvalue weighted by Gasteiger charge is 2.78. The van der Waals surface area contributed by atoms with E-state index in [0.29, 0.717) is 23.3 Å². The van der Waals surface area contributed by atoms with Crippen molar-refractivity contribution < 1.29 is 42.6 Å². The maximum absolute atomic E-state index is 16.3. The Morgan fingerprint density at radius 1 is 0.887 bits per heavy atom. The van der Waals surface area contributed by atoms with Crippen molar-refractivity contribution in [1.29, 1.82) is 0 Å². The van der Waals surface area contributed by atoms with Crippen LogP contribution in [0.3, 0.4) is 0 Å². The maximum atomic E-state index is 16.3. The summed E-state index contributed by atoms with van der Waals surface area (Å²) < 4.78 is 27.8. The molecule has 1 aromatic carbocycles. The van der Waals surface area contributed by atoms with Gasteiger partial charge in [0.15, 0.2) is 28.2 Å². The SMILES string of the molecule is CC[Si](CC)(CC)O[C@H]1C(=O)[C@]2(C)[C@@H](O[Si](CC)(CC)CC)C[C@H]3SC[C@@]3(OC(C)=O)[C@H]2[C@H](OC(=O)c2ccccc2)[C@]2(O)CC(=O)C(C)=C1C2(C)C. The molecule has 2 bridgehead atoms. The quantitative estimate of drug-likeness (QED) is 0.155. The van der Waals surface area contributed by atoms with E-state index in [9.17, 15) is 19.5 Å². The lowest BCUT2D eigenvalue weighted by Crippen LogP contribution is -2.80. The zero-order valence-electron chi connectivity index (χ0n) is 33.8. The third kappa shape index (κ3) is 6.48. The molecule has 0 unspecified atom stereocenters. The molecule has 4 aliphatic rings. The summed E-state index contributed by atoms with van der Waals surface area (Å²) in [5.74, 6) is -2.53. The van der Waals surface area contributed by atoms with E-state index in [1.54, 1.807) is 49.0 Å².